The van der Waals surface area contributed by atoms with E-state index in [-0.39, 0.29) is 23.4 Å². The number of aryl methyl sites for hydroxylation is 1. The van der Waals surface area contributed by atoms with Crippen LogP contribution in [0.4, 0.5) is 5.69 Å². The van der Waals surface area contributed by atoms with Gasteiger partial charge in [0.2, 0.25) is 11.8 Å². The molecule has 1 N–H and O–H groups in total. The van der Waals surface area contributed by atoms with Gasteiger partial charge in [0.25, 0.3) is 10.0 Å². The fourth-order valence-electron chi connectivity index (χ4n) is 3.93. The highest BCUT2D eigenvalue weighted by molar-refractivity contribution is 7.92. The summed E-state index contributed by atoms with van der Waals surface area (Å²) in [5.74, 6) is -0.854. The highest BCUT2D eigenvalue weighted by Gasteiger charge is 2.33. The van der Waals surface area contributed by atoms with Crippen LogP contribution in [0.2, 0.25) is 5.02 Å². The highest BCUT2D eigenvalue weighted by Crippen LogP contribution is 2.27. The van der Waals surface area contributed by atoms with Crippen LogP contribution in [-0.2, 0) is 26.2 Å². The zero-order valence-electron chi connectivity index (χ0n) is 22.1. The molecule has 0 heterocycles. The van der Waals surface area contributed by atoms with Crippen molar-refractivity contribution >= 4 is 39.1 Å². The van der Waals surface area contributed by atoms with Crippen molar-refractivity contribution in [3.63, 3.8) is 0 Å². The molecule has 0 spiro atoms. The van der Waals surface area contributed by atoms with E-state index in [4.69, 9.17) is 11.6 Å². The maximum atomic E-state index is 13.9. The Hall–Kier alpha value is -3.36. The Labute approximate surface area is 230 Å². The molecule has 3 aromatic rings. The molecule has 0 saturated heterocycles. The van der Waals surface area contributed by atoms with Gasteiger partial charge in [-0.1, -0.05) is 73.1 Å². The number of amides is 2. The van der Waals surface area contributed by atoms with Crippen LogP contribution in [0.1, 0.15) is 38.3 Å². The number of halogens is 1. The summed E-state index contributed by atoms with van der Waals surface area (Å²) in [6.45, 7) is 6.81. The van der Waals surface area contributed by atoms with E-state index in [0.29, 0.717) is 21.8 Å². The number of carbonyl (C=O) groups is 2. The van der Waals surface area contributed by atoms with Crippen LogP contribution in [0, 0.1) is 6.92 Å². The summed E-state index contributed by atoms with van der Waals surface area (Å²) in [7, 11) is -4.10. The first-order chi connectivity index (χ1) is 18.1. The van der Waals surface area contributed by atoms with E-state index in [0.717, 1.165) is 10.7 Å². The van der Waals surface area contributed by atoms with Crippen molar-refractivity contribution in [2.45, 2.75) is 57.6 Å². The van der Waals surface area contributed by atoms with Crippen molar-refractivity contribution in [2.75, 3.05) is 10.8 Å². The topological polar surface area (TPSA) is 86.8 Å². The number of carbonyl (C=O) groups excluding carboxylic acids is 2. The van der Waals surface area contributed by atoms with E-state index in [1.54, 1.807) is 80.6 Å². The van der Waals surface area contributed by atoms with E-state index in [1.807, 2.05) is 13.8 Å². The fourth-order valence-corrected chi connectivity index (χ4v) is 5.63. The first kappa shape index (κ1) is 29.2. The molecule has 0 aromatic heterocycles. The van der Waals surface area contributed by atoms with Crippen LogP contribution in [-0.4, -0.2) is 43.8 Å². The zero-order valence-corrected chi connectivity index (χ0v) is 23.7. The molecule has 0 unspecified atom stereocenters. The molecule has 3 rings (SSSR count). The molecule has 9 heteroatoms. The molecule has 2 amide bonds. The molecule has 0 aliphatic carbocycles. The SMILES string of the molecule is CC[C@H](C)NC(=O)[C@@H](C)N(Cc1ccccc1Cl)C(=O)CN(c1ccccc1C)S(=O)(=O)c1ccccc1. The number of rotatable bonds is 11. The third-order valence-electron chi connectivity index (χ3n) is 6.46. The van der Waals surface area contributed by atoms with Crippen molar-refractivity contribution in [1.29, 1.82) is 0 Å². The summed E-state index contributed by atoms with van der Waals surface area (Å²) in [5, 5.41) is 3.37. The predicted octanol–water partition coefficient (Wildman–Crippen LogP) is 5.18. The minimum Gasteiger partial charge on any atom is -0.352 e. The minimum atomic E-state index is -4.10. The number of hydrogen-bond acceptors (Lipinski definition) is 4. The standard InChI is InChI=1S/C29H34ClN3O4S/c1-5-22(3)31-29(35)23(4)32(19-24-14-10-11-17-26(24)30)28(34)20-33(27-18-12-9-13-21(27)2)38(36,37)25-15-7-6-8-16-25/h6-18,22-23H,5,19-20H2,1-4H3,(H,31,35)/t22-,23+/m0/s1. The van der Waals surface area contributed by atoms with Crippen LogP contribution in [0.25, 0.3) is 0 Å². The van der Waals surface area contributed by atoms with Crippen molar-refractivity contribution in [3.05, 3.63) is 95.0 Å². The Kier molecular flexibility index (Phi) is 9.94. The van der Waals surface area contributed by atoms with Crippen LogP contribution in [0.3, 0.4) is 0 Å². The molecular weight excluding hydrogens is 522 g/mol. The molecule has 38 heavy (non-hydrogen) atoms. The predicted molar refractivity (Wildman–Crippen MR) is 152 cm³/mol. The van der Waals surface area contributed by atoms with Crippen LogP contribution < -0.4 is 9.62 Å². The second-order valence-corrected chi connectivity index (χ2v) is 11.5. The zero-order chi connectivity index (χ0) is 27.9. The van der Waals surface area contributed by atoms with Gasteiger partial charge in [0.1, 0.15) is 12.6 Å². The van der Waals surface area contributed by atoms with E-state index < -0.39 is 28.5 Å². The minimum absolute atomic E-state index is 0.0423. The Balaban J connectivity index is 2.04. The van der Waals surface area contributed by atoms with E-state index in [9.17, 15) is 18.0 Å². The van der Waals surface area contributed by atoms with E-state index in [1.165, 1.54) is 17.0 Å². The second kappa shape index (κ2) is 12.9. The molecule has 7 nitrogen and oxygen atoms in total. The maximum absolute atomic E-state index is 13.9. The van der Waals surface area contributed by atoms with Gasteiger partial charge in [0.05, 0.1) is 10.6 Å². The number of benzene rings is 3. The van der Waals surface area contributed by atoms with Gasteiger partial charge in [0, 0.05) is 17.6 Å². The summed E-state index contributed by atoms with van der Waals surface area (Å²) in [6, 6.07) is 21.1. The van der Waals surface area contributed by atoms with Gasteiger partial charge in [-0.15, -0.1) is 0 Å². The lowest BCUT2D eigenvalue weighted by Gasteiger charge is -2.33. The van der Waals surface area contributed by atoms with Gasteiger partial charge in [-0.25, -0.2) is 8.42 Å². The molecule has 0 aliphatic rings. The van der Waals surface area contributed by atoms with Crippen LogP contribution in [0.5, 0.6) is 0 Å². The molecule has 0 radical (unpaired) electrons. The summed E-state index contributed by atoms with van der Waals surface area (Å²) >= 11 is 6.39. The largest absolute Gasteiger partial charge is 0.352 e. The van der Waals surface area contributed by atoms with Gasteiger partial charge in [-0.2, -0.15) is 0 Å². The third-order valence-corrected chi connectivity index (χ3v) is 8.60. The molecule has 0 saturated carbocycles. The van der Waals surface area contributed by atoms with Gasteiger partial charge < -0.3 is 10.2 Å². The average Bonchev–Trinajstić information content (AvgIpc) is 2.91. The number of anilines is 1. The fraction of sp³-hybridized carbons (Fsp3) is 0.310. The van der Waals surface area contributed by atoms with Crippen molar-refractivity contribution in [3.8, 4) is 0 Å². The number of hydrogen-bond donors (Lipinski definition) is 1. The van der Waals surface area contributed by atoms with Crippen molar-refractivity contribution in [1.82, 2.24) is 10.2 Å². The molecular formula is C29H34ClN3O4S. The summed E-state index contributed by atoms with van der Waals surface area (Å²) in [4.78, 5) is 28.5. The summed E-state index contributed by atoms with van der Waals surface area (Å²) in [6.07, 6.45) is 0.729. The number of para-hydroxylation sites is 1. The Morgan fingerprint density at radius 1 is 0.921 bits per heavy atom. The smallest absolute Gasteiger partial charge is 0.264 e. The first-order valence-corrected chi connectivity index (χ1v) is 14.3. The molecule has 3 aromatic carbocycles. The van der Waals surface area contributed by atoms with Gasteiger partial charge in [0.15, 0.2) is 0 Å². The van der Waals surface area contributed by atoms with Gasteiger partial charge in [-0.3, -0.25) is 13.9 Å². The lowest BCUT2D eigenvalue weighted by atomic mass is 10.1. The van der Waals surface area contributed by atoms with E-state index in [2.05, 4.69) is 5.32 Å². The normalized spacial score (nSPS) is 12.9. The molecule has 2 atom stereocenters. The molecule has 0 bridgehead atoms. The van der Waals surface area contributed by atoms with Crippen LogP contribution >= 0.6 is 11.6 Å². The highest BCUT2D eigenvalue weighted by atomic mass is 35.5. The molecule has 0 aliphatic heterocycles. The number of nitrogens with one attached hydrogen (secondary N) is 1. The lowest BCUT2D eigenvalue weighted by molar-refractivity contribution is -0.139. The van der Waals surface area contributed by atoms with Gasteiger partial charge >= 0.3 is 0 Å². The number of nitrogens with zero attached hydrogens (tertiary/aromatic N) is 2. The Bertz CT molecular complexity index is 1370. The maximum Gasteiger partial charge on any atom is 0.264 e. The lowest BCUT2D eigenvalue weighted by Crippen LogP contribution is -2.52. The molecule has 202 valence electrons. The van der Waals surface area contributed by atoms with Gasteiger partial charge in [-0.05, 0) is 62.6 Å². The first-order valence-electron chi connectivity index (χ1n) is 12.5. The number of sulfonamides is 1. The molecule has 0 fully saturated rings. The van der Waals surface area contributed by atoms with Crippen molar-refractivity contribution in [2.24, 2.45) is 0 Å². The average molecular weight is 556 g/mol. The van der Waals surface area contributed by atoms with Crippen molar-refractivity contribution < 1.29 is 18.0 Å². The third kappa shape index (κ3) is 6.94. The summed E-state index contributed by atoms with van der Waals surface area (Å²) < 4.78 is 28.7. The van der Waals surface area contributed by atoms with Crippen LogP contribution in [0.15, 0.2) is 83.8 Å². The second-order valence-electron chi connectivity index (χ2n) is 9.22. The Morgan fingerprint density at radius 3 is 2.16 bits per heavy atom. The Morgan fingerprint density at radius 2 is 1.53 bits per heavy atom. The summed E-state index contributed by atoms with van der Waals surface area (Å²) in [5.41, 5.74) is 1.73. The van der Waals surface area contributed by atoms with E-state index >= 15 is 0 Å². The monoisotopic (exact) mass is 555 g/mol. The quantitative estimate of drug-likeness (QED) is 0.353.